The molecule has 0 saturated carbocycles. The highest BCUT2D eigenvalue weighted by Crippen LogP contribution is 2.21. The first kappa shape index (κ1) is 23.1. The Labute approximate surface area is 200 Å². The summed E-state index contributed by atoms with van der Waals surface area (Å²) < 4.78 is 0. The zero-order valence-electron chi connectivity index (χ0n) is 21.5. The van der Waals surface area contributed by atoms with Crippen LogP contribution in [0.4, 0.5) is 0 Å². The maximum absolute atomic E-state index is 2.38. The molecule has 0 aliphatic rings. The third-order valence-corrected chi connectivity index (χ3v) is 8.45. The van der Waals surface area contributed by atoms with E-state index in [9.17, 15) is 0 Å². The molecule has 0 heterocycles. The van der Waals surface area contributed by atoms with Gasteiger partial charge >= 0.3 is 0 Å². The van der Waals surface area contributed by atoms with E-state index in [2.05, 4.69) is 128 Å². The standard InChI is InChI=1S/C32H36B/c1-21-13-9-17-29(25(21)5)33(30-18-10-14-22(2)26(30)6,31-19-11-15-23(3)27(31)7)32-20-12-16-24(4)28(32)8/h9-20H,1-8H3/q-1. The lowest BCUT2D eigenvalue weighted by atomic mass is 9.11. The summed E-state index contributed by atoms with van der Waals surface area (Å²) in [5.41, 5.74) is 16.7. The third-order valence-electron chi connectivity index (χ3n) is 8.45. The second-order valence-corrected chi connectivity index (χ2v) is 10.0. The van der Waals surface area contributed by atoms with Crippen molar-refractivity contribution in [2.45, 2.75) is 55.4 Å². The topological polar surface area (TPSA) is 0 Å². The summed E-state index contributed by atoms with van der Waals surface area (Å²) in [6.45, 7) is 18.2. The van der Waals surface area contributed by atoms with Crippen LogP contribution in [0.2, 0.25) is 0 Å². The first-order chi connectivity index (χ1) is 15.7. The van der Waals surface area contributed by atoms with Crippen molar-refractivity contribution in [2.75, 3.05) is 0 Å². The van der Waals surface area contributed by atoms with Crippen molar-refractivity contribution in [3.8, 4) is 0 Å². The summed E-state index contributed by atoms with van der Waals surface area (Å²) in [4.78, 5) is 0. The van der Waals surface area contributed by atoms with Crippen LogP contribution in [-0.2, 0) is 0 Å². The molecule has 4 rings (SSSR count). The molecule has 33 heavy (non-hydrogen) atoms. The van der Waals surface area contributed by atoms with Crippen molar-refractivity contribution in [1.82, 2.24) is 0 Å². The molecule has 1 heteroatoms. The molecule has 0 amide bonds. The summed E-state index contributed by atoms with van der Waals surface area (Å²) in [5.74, 6) is 0. The van der Waals surface area contributed by atoms with E-state index in [1.165, 1.54) is 66.4 Å². The Morgan fingerprint density at radius 1 is 0.333 bits per heavy atom. The monoisotopic (exact) mass is 431 g/mol. The van der Waals surface area contributed by atoms with Crippen LogP contribution in [0.25, 0.3) is 0 Å². The minimum atomic E-state index is -1.39. The molecule has 0 fully saturated rings. The summed E-state index contributed by atoms with van der Waals surface area (Å²) >= 11 is 0. The molecule has 4 aromatic rings. The lowest BCUT2D eigenvalue weighted by molar-refractivity contribution is 1.33. The third kappa shape index (κ3) is 3.55. The maximum atomic E-state index is 2.38. The second-order valence-electron chi connectivity index (χ2n) is 10.0. The fraction of sp³-hybridized carbons (Fsp3) is 0.250. The van der Waals surface area contributed by atoms with Crippen LogP contribution in [0.3, 0.4) is 0 Å². The van der Waals surface area contributed by atoms with Gasteiger partial charge in [0.1, 0.15) is 6.15 Å². The van der Waals surface area contributed by atoms with E-state index < -0.39 is 6.15 Å². The molecule has 0 bridgehead atoms. The number of benzene rings is 4. The summed E-state index contributed by atoms with van der Waals surface area (Å²) in [5, 5.41) is 0. The zero-order chi connectivity index (χ0) is 23.9. The van der Waals surface area contributed by atoms with Gasteiger partial charge in [-0.15, -0.1) is 0 Å². The summed E-state index contributed by atoms with van der Waals surface area (Å²) in [6, 6.07) is 27.5. The van der Waals surface area contributed by atoms with Gasteiger partial charge < -0.3 is 0 Å². The molecule has 0 aliphatic carbocycles. The van der Waals surface area contributed by atoms with Crippen LogP contribution >= 0.6 is 0 Å². The average Bonchev–Trinajstić information content (AvgIpc) is 2.79. The highest BCUT2D eigenvalue weighted by molar-refractivity contribution is 7.20. The Morgan fingerprint density at radius 3 is 0.758 bits per heavy atom. The smallest absolute Gasteiger partial charge is 0.109 e. The van der Waals surface area contributed by atoms with Gasteiger partial charge in [0.25, 0.3) is 0 Å². The van der Waals surface area contributed by atoms with Crippen molar-refractivity contribution >= 4 is 28.0 Å². The SMILES string of the molecule is Cc1cccc([B-](c2cccc(C)c2C)(c2cccc(C)c2C)c2cccc(C)c2C)c1C. The first-order valence-corrected chi connectivity index (χ1v) is 12.1. The minimum absolute atomic E-state index is 1.35. The maximum Gasteiger partial charge on any atom is 0.109 e. The molecular weight excluding hydrogens is 395 g/mol. The number of hydrogen-bond donors (Lipinski definition) is 0. The van der Waals surface area contributed by atoms with Gasteiger partial charge in [-0.2, -0.15) is 21.9 Å². The van der Waals surface area contributed by atoms with Crippen LogP contribution in [0.5, 0.6) is 0 Å². The van der Waals surface area contributed by atoms with Gasteiger partial charge in [-0.3, -0.25) is 0 Å². The Bertz CT molecular complexity index is 1130. The van der Waals surface area contributed by atoms with Gasteiger partial charge in [0.05, 0.1) is 0 Å². The van der Waals surface area contributed by atoms with E-state index in [-0.39, 0.29) is 0 Å². The average molecular weight is 431 g/mol. The van der Waals surface area contributed by atoms with E-state index in [1.807, 2.05) is 0 Å². The van der Waals surface area contributed by atoms with E-state index in [4.69, 9.17) is 0 Å². The highest BCUT2D eigenvalue weighted by atomic mass is 14.2. The van der Waals surface area contributed by atoms with E-state index >= 15 is 0 Å². The van der Waals surface area contributed by atoms with Gasteiger partial charge in [-0.1, -0.05) is 117 Å². The molecule has 4 aromatic carbocycles. The van der Waals surface area contributed by atoms with Gasteiger partial charge in [0, 0.05) is 0 Å². The van der Waals surface area contributed by atoms with Crippen molar-refractivity contribution in [3.05, 3.63) is 117 Å². The summed E-state index contributed by atoms with van der Waals surface area (Å²) in [6.07, 6.45) is -1.39. The van der Waals surface area contributed by atoms with Gasteiger partial charge in [-0.05, 0) is 55.4 Å². The predicted molar refractivity (Wildman–Crippen MR) is 148 cm³/mol. The van der Waals surface area contributed by atoms with Gasteiger partial charge in [0.15, 0.2) is 0 Å². The Hall–Kier alpha value is -3.06. The van der Waals surface area contributed by atoms with E-state index in [0.717, 1.165) is 0 Å². The van der Waals surface area contributed by atoms with Crippen molar-refractivity contribution < 1.29 is 0 Å². The second kappa shape index (κ2) is 8.71. The van der Waals surface area contributed by atoms with Crippen molar-refractivity contribution in [1.29, 1.82) is 0 Å². The molecule has 0 saturated heterocycles. The molecule has 0 unspecified atom stereocenters. The van der Waals surface area contributed by atoms with Gasteiger partial charge in [0.2, 0.25) is 0 Å². The number of hydrogen-bond acceptors (Lipinski definition) is 0. The van der Waals surface area contributed by atoms with Gasteiger partial charge in [-0.25, -0.2) is 0 Å². The Balaban J connectivity index is 2.36. The highest BCUT2D eigenvalue weighted by Gasteiger charge is 2.36. The Kier molecular flexibility index (Phi) is 6.10. The number of aryl methyl sites for hydroxylation is 4. The first-order valence-electron chi connectivity index (χ1n) is 12.1. The van der Waals surface area contributed by atoms with Crippen molar-refractivity contribution in [2.24, 2.45) is 0 Å². The normalized spacial score (nSPS) is 11.6. The quantitative estimate of drug-likeness (QED) is 0.373. The largest absolute Gasteiger partial charge is 0.192 e. The van der Waals surface area contributed by atoms with Crippen LogP contribution in [0.1, 0.15) is 44.5 Å². The predicted octanol–water partition coefficient (Wildman–Crippen LogP) is 5.53. The van der Waals surface area contributed by atoms with Crippen LogP contribution in [0.15, 0.2) is 72.8 Å². The lowest BCUT2D eigenvalue weighted by Gasteiger charge is -2.49. The molecule has 0 nitrogen and oxygen atoms in total. The van der Waals surface area contributed by atoms with Crippen LogP contribution in [0, 0.1) is 55.4 Å². The lowest BCUT2D eigenvalue weighted by Crippen LogP contribution is -2.77. The van der Waals surface area contributed by atoms with Crippen LogP contribution < -0.4 is 21.9 Å². The fourth-order valence-corrected chi connectivity index (χ4v) is 5.98. The van der Waals surface area contributed by atoms with E-state index in [0.29, 0.717) is 0 Å². The molecule has 0 atom stereocenters. The zero-order valence-corrected chi connectivity index (χ0v) is 21.5. The molecule has 0 aliphatic heterocycles. The minimum Gasteiger partial charge on any atom is -0.192 e. The molecule has 0 N–H and O–H groups in total. The molecule has 168 valence electrons. The molecular formula is C32H36B-. The Morgan fingerprint density at radius 2 is 0.545 bits per heavy atom. The van der Waals surface area contributed by atoms with Crippen molar-refractivity contribution in [3.63, 3.8) is 0 Å². The number of rotatable bonds is 4. The molecule has 0 spiro atoms. The van der Waals surface area contributed by atoms with E-state index in [1.54, 1.807) is 0 Å². The molecule has 0 radical (unpaired) electrons. The van der Waals surface area contributed by atoms with Crippen LogP contribution in [-0.4, -0.2) is 6.15 Å². The summed E-state index contributed by atoms with van der Waals surface area (Å²) in [7, 11) is 0. The molecule has 0 aromatic heterocycles. The fourth-order valence-electron chi connectivity index (χ4n) is 5.98.